The van der Waals surface area contributed by atoms with Gasteiger partial charge >= 0.3 is 0 Å². The maximum Gasteiger partial charge on any atom is 0.229 e. The van der Waals surface area contributed by atoms with Crippen molar-refractivity contribution in [3.05, 3.63) is 70.9 Å². The lowest BCUT2D eigenvalue weighted by atomic mass is 10.1. The Balaban J connectivity index is 1.81. The molecule has 0 radical (unpaired) electrons. The molecule has 0 saturated heterocycles. The SMILES string of the molecule is C#Cc1ccc(Nc2nccc(Nc3c(C)cc(C)cc3C)n2)cc1. The van der Waals surface area contributed by atoms with Crippen molar-refractivity contribution in [3.8, 4) is 12.3 Å². The predicted octanol–water partition coefficient (Wildman–Crippen LogP) is 4.87. The lowest BCUT2D eigenvalue weighted by Gasteiger charge is -2.14. The van der Waals surface area contributed by atoms with Crippen LogP contribution in [0.5, 0.6) is 0 Å². The van der Waals surface area contributed by atoms with Gasteiger partial charge in [0.05, 0.1) is 0 Å². The molecule has 2 N–H and O–H groups in total. The van der Waals surface area contributed by atoms with Crippen molar-refractivity contribution in [1.29, 1.82) is 0 Å². The second-order valence-electron chi connectivity index (χ2n) is 6.01. The van der Waals surface area contributed by atoms with E-state index in [1.54, 1.807) is 6.20 Å². The van der Waals surface area contributed by atoms with Gasteiger partial charge in [-0.1, -0.05) is 23.6 Å². The van der Waals surface area contributed by atoms with Gasteiger partial charge in [0.1, 0.15) is 5.82 Å². The Hall–Kier alpha value is -3.32. The molecule has 1 aromatic heterocycles. The smallest absolute Gasteiger partial charge is 0.229 e. The number of nitrogens with one attached hydrogen (secondary N) is 2. The van der Waals surface area contributed by atoms with Crippen LogP contribution in [0.2, 0.25) is 0 Å². The fraction of sp³-hybridized carbons (Fsp3) is 0.143. The molecule has 0 unspecified atom stereocenters. The number of nitrogens with zero attached hydrogens (tertiary/aromatic N) is 2. The van der Waals surface area contributed by atoms with Gasteiger partial charge in [-0.15, -0.1) is 6.42 Å². The van der Waals surface area contributed by atoms with Gasteiger partial charge in [0.15, 0.2) is 0 Å². The van der Waals surface area contributed by atoms with Crippen LogP contribution in [0, 0.1) is 33.1 Å². The molecule has 0 aliphatic heterocycles. The first-order valence-electron chi connectivity index (χ1n) is 8.07. The van der Waals surface area contributed by atoms with E-state index in [2.05, 4.69) is 59.4 Å². The standard InChI is InChI=1S/C21H20N4/c1-5-17-6-8-18(9-7-17)23-21-22-11-10-19(25-21)24-20-15(3)12-14(2)13-16(20)4/h1,6-13H,2-4H3,(H2,22,23,24,25). The Morgan fingerprint density at radius 1 is 0.920 bits per heavy atom. The van der Waals surface area contributed by atoms with Crippen molar-refractivity contribution in [1.82, 2.24) is 9.97 Å². The molecular formula is C21H20N4. The van der Waals surface area contributed by atoms with Crippen LogP contribution in [-0.2, 0) is 0 Å². The summed E-state index contributed by atoms with van der Waals surface area (Å²) in [4.78, 5) is 8.81. The van der Waals surface area contributed by atoms with Crippen LogP contribution in [0.25, 0.3) is 0 Å². The van der Waals surface area contributed by atoms with Crippen molar-refractivity contribution in [2.24, 2.45) is 0 Å². The third kappa shape index (κ3) is 3.96. The summed E-state index contributed by atoms with van der Waals surface area (Å²) >= 11 is 0. The van der Waals surface area contributed by atoms with Gasteiger partial charge in [-0.2, -0.15) is 4.98 Å². The predicted molar refractivity (Wildman–Crippen MR) is 104 cm³/mol. The van der Waals surface area contributed by atoms with Crippen molar-refractivity contribution in [3.63, 3.8) is 0 Å². The van der Waals surface area contributed by atoms with E-state index < -0.39 is 0 Å². The number of aryl methyl sites for hydroxylation is 3. The Bertz CT molecular complexity index is 914. The molecule has 0 atom stereocenters. The summed E-state index contributed by atoms with van der Waals surface area (Å²) in [7, 11) is 0. The number of anilines is 4. The molecule has 0 spiro atoms. The molecule has 124 valence electrons. The molecule has 4 nitrogen and oxygen atoms in total. The molecule has 0 saturated carbocycles. The van der Waals surface area contributed by atoms with Crippen LogP contribution in [-0.4, -0.2) is 9.97 Å². The van der Waals surface area contributed by atoms with E-state index in [4.69, 9.17) is 6.42 Å². The van der Waals surface area contributed by atoms with Gasteiger partial charge in [0, 0.05) is 23.1 Å². The highest BCUT2D eigenvalue weighted by Crippen LogP contribution is 2.25. The van der Waals surface area contributed by atoms with E-state index >= 15 is 0 Å². The van der Waals surface area contributed by atoms with Crippen molar-refractivity contribution < 1.29 is 0 Å². The summed E-state index contributed by atoms with van der Waals surface area (Å²) in [6, 6.07) is 13.7. The van der Waals surface area contributed by atoms with E-state index in [1.165, 1.54) is 16.7 Å². The van der Waals surface area contributed by atoms with Gasteiger partial charge < -0.3 is 10.6 Å². The summed E-state index contributed by atoms with van der Waals surface area (Å²) in [6.07, 6.45) is 7.10. The molecule has 0 amide bonds. The van der Waals surface area contributed by atoms with Gasteiger partial charge in [0.25, 0.3) is 0 Å². The second-order valence-corrected chi connectivity index (χ2v) is 6.01. The van der Waals surface area contributed by atoms with Crippen LogP contribution in [0.15, 0.2) is 48.7 Å². The highest BCUT2D eigenvalue weighted by atomic mass is 15.1. The summed E-state index contributed by atoms with van der Waals surface area (Å²) in [5, 5.41) is 6.58. The van der Waals surface area contributed by atoms with Crippen molar-refractivity contribution in [2.45, 2.75) is 20.8 Å². The first-order chi connectivity index (χ1) is 12.0. The second kappa shape index (κ2) is 7.06. The minimum atomic E-state index is 0.529. The van der Waals surface area contributed by atoms with Crippen LogP contribution in [0.4, 0.5) is 23.1 Å². The Labute approximate surface area is 148 Å². The molecule has 2 aromatic carbocycles. The highest BCUT2D eigenvalue weighted by Gasteiger charge is 2.06. The van der Waals surface area contributed by atoms with E-state index in [9.17, 15) is 0 Å². The highest BCUT2D eigenvalue weighted by molar-refractivity contribution is 5.66. The van der Waals surface area contributed by atoms with Gasteiger partial charge in [-0.25, -0.2) is 4.98 Å². The normalized spacial score (nSPS) is 10.2. The van der Waals surface area contributed by atoms with E-state index in [0.29, 0.717) is 5.95 Å². The summed E-state index contributed by atoms with van der Waals surface area (Å²) in [5.41, 5.74) is 6.44. The first-order valence-corrected chi connectivity index (χ1v) is 8.07. The van der Waals surface area contributed by atoms with E-state index in [1.807, 2.05) is 30.3 Å². The fourth-order valence-electron chi connectivity index (χ4n) is 2.77. The largest absolute Gasteiger partial charge is 0.340 e. The molecule has 1 heterocycles. The topological polar surface area (TPSA) is 49.8 Å². The molecule has 0 aliphatic rings. The van der Waals surface area contributed by atoms with Crippen molar-refractivity contribution in [2.75, 3.05) is 10.6 Å². The third-order valence-corrected chi connectivity index (χ3v) is 3.89. The van der Waals surface area contributed by atoms with Crippen LogP contribution < -0.4 is 10.6 Å². The maximum atomic E-state index is 5.38. The third-order valence-electron chi connectivity index (χ3n) is 3.89. The minimum Gasteiger partial charge on any atom is -0.340 e. The zero-order valence-electron chi connectivity index (χ0n) is 14.6. The number of benzene rings is 2. The number of hydrogen-bond acceptors (Lipinski definition) is 4. The van der Waals surface area contributed by atoms with Crippen molar-refractivity contribution >= 4 is 23.1 Å². The molecule has 25 heavy (non-hydrogen) atoms. The first kappa shape index (κ1) is 16.5. The average molecular weight is 328 g/mol. The summed E-state index contributed by atoms with van der Waals surface area (Å²) in [5.74, 6) is 3.87. The maximum absolute atomic E-state index is 5.38. The lowest BCUT2D eigenvalue weighted by Crippen LogP contribution is -2.02. The number of aromatic nitrogens is 2. The van der Waals surface area contributed by atoms with Crippen LogP contribution in [0.3, 0.4) is 0 Å². The molecule has 0 aliphatic carbocycles. The lowest BCUT2D eigenvalue weighted by molar-refractivity contribution is 1.16. The van der Waals surface area contributed by atoms with Gasteiger partial charge in [-0.05, 0) is 62.2 Å². The quantitative estimate of drug-likeness (QED) is 0.671. The number of hydrogen-bond donors (Lipinski definition) is 2. The number of terminal acetylenes is 1. The van der Waals surface area contributed by atoms with Gasteiger partial charge in [-0.3, -0.25) is 0 Å². The molecule has 4 heteroatoms. The fourth-order valence-corrected chi connectivity index (χ4v) is 2.77. The monoisotopic (exact) mass is 328 g/mol. The minimum absolute atomic E-state index is 0.529. The van der Waals surface area contributed by atoms with Crippen LogP contribution in [0.1, 0.15) is 22.3 Å². The van der Waals surface area contributed by atoms with E-state index in [0.717, 1.165) is 22.8 Å². The van der Waals surface area contributed by atoms with Crippen LogP contribution >= 0.6 is 0 Å². The molecule has 0 bridgehead atoms. The zero-order chi connectivity index (χ0) is 17.8. The molecular weight excluding hydrogens is 308 g/mol. The summed E-state index contributed by atoms with van der Waals surface area (Å²) < 4.78 is 0. The average Bonchev–Trinajstić information content (AvgIpc) is 2.59. The molecule has 3 rings (SSSR count). The Morgan fingerprint density at radius 3 is 2.24 bits per heavy atom. The molecule has 3 aromatic rings. The molecule has 0 fully saturated rings. The Kier molecular flexibility index (Phi) is 4.67. The van der Waals surface area contributed by atoms with E-state index in [-0.39, 0.29) is 0 Å². The summed E-state index contributed by atoms with van der Waals surface area (Å²) in [6.45, 7) is 6.29. The number of rotatable bonds is 4. The Morgan fingerprint density at radius 2 is 1.60 bits per heavy atom. The zero-order valence-corrected chi connectivity index (χ0v) is 14.6. The van der Waals surface area contributed by atoms with Gasteiger partial charge in [0.2, 0.25) is 5.95 Å².